The van der Waals surface area contributed by atoms with Crippen LogP contribution in [0.3, 0.4) is 0 Å². The van der Waals surface area contributed by atoms with E-state index in [0.29, 0.717) is 25.8 Å². The monoisotopic (exact) mass is 499 g/mol. The first kappa shape index (κ1) is 24.8. The molecule has 1 aromatic heterocycles. The lowest BCUT2D eigenvalue weighted by molar-refractivity contribution is -0.124. The summed E-state index contributed by atoms with van der Waals surface area (Å²) < 4.78 is 40.3. The number of aromatic nitrogens is 1. The highest BCUT2D eigenvalue weighted by Gasteiger charge is 2.46. The number of pyridine rings is 1. The molecular formula is C24H26FN5O4S. The van der Waals surface area contributed by atoms with E-state index in [1.54, 1.807) is 11.1 Å². The average Bonchev–Trinajstić information content (AvgIpc) is 3.28. The summed E-state index contributed by atoms with van der Waals surface area (Å²) in [5.41, 5.74) is 0.388. The van der Waals surface area contributed by atoms with Crippen LogP contribution in [0.4, 0.5) is 4.39 Å². The van der Waals surface area contributed by atoms with Gasteiger partial charge in [0.2, 0.25) is 10.0 Å². The molecule has 0 N–H and O–H groups in total. The SMILES string of the molecule is N#CCCN(CCc1ccccn1)C(=O)C1=NOC2(CCN(S(=O)(=O)c3ccc(F)cc3)CC2)C1. The van der Waals surface area contributed by atoms with Crippen molar-refractivity contribution in [2.75, 3.05) is 26.2 Å². The van der Waals surface area contributed by atoms with Crippen molar-refractivity contribution >= 4 is 21.6 Å². The van der Waals surface area contributed by atoms with Crippen LogP contribution in [-0.2, 0) is 26.1 Å². The summed E-state index contributed by atoms with van der Waals surface area (Å²) in [5.74, 6) is -0.784. The van der Waals surface area contributed by atoms with Crippen molar-refractivity contribution in [3.05, 3.63) is 60.2 Å². The van der Waals surface area contributed by atoms with Gasteiger partial charge < -0.3 is 9.74 Å². The summed E-state index contributed by atoms with van der Waals surface area (Å²) in [5, 5.41) is 13.1. The number of benzene rings is 1. The molecule has 0 unspecified atom stereocenters. The Morgan fingerprint density at radius 1 is 1.17 bits per heavy atom. The number of nitriles is 1. The van der Waals surface area contributed by atoms with Gasteiger partial charge in [0, 0.05) is 63.8 Å². The normalized spacial score (nSPS) is 17.4. The number of hydrogen-bond acceptors (Lipinski definition) is 7. The molecule has 2 aromatic rings. The fourth-order valence-electron chi connectivity index (χ4n) is 4.27. The average molecular weight is 500 g/mol. The first-order valence-electron chi connectivity index (χ1n) is 11.4. The summed E-state index contributed by atoms with van der Waals surface area (Å²) in [6.07, 6.45) is 3.47. The maximum Gasteiger partial charge on any atom is 0.271 e. The summed E-state index contributed by atoms with van der Waals surface area (Å²) in [6, 6.07) is 12.4. The lowest BCUT2D eigenvalue weighted by Gasteiger charge is -2.36. The van der Waals surface area contributed by atoms with Gasteiger partial charge in [0.15, 0.2) is 0 Å². The zero-order valence-electron chi connectivity index (χ0n) is 19.1. The highest BCUT2D eigenvalue weighted by atomic mass is 32.2. The van der Waals surface area contributed by atoms with Crippen molar-refractivity contribution in [1.29, 1.82) is 5.26 Å². The van der Waals surface area contributed by atoms with E-state index in [1.165, 1.54) is 16.4 Å². The smallest absolute Gasteiger partial charge is 0.271 e. The maximum absolute atomic E-state index is 13.2. The number of piperidine rings is 1. The standard InChI is InChI=1S/C24H26FN5O4S/c25-19-5-7-21(8-6-19)35(32,33)30-16-10-24(11-17-30)18-22(28-34-24)23(31)29(14-3-12-26)15-9-20-4-1-2-13-27-20/h1-2,4-8,13H,3,9-11,14-18H2. The van der Waals surface area contributed by atoms with Gasteiger partial charge in [-0.15, -0.1) is 0 Å². The fraction of sp³-hybridized carbons (Fsp3) is 0.417. The van der Waals surface area contributed by atoms with Gasteiger partial charge in [0.05, 0.1) is 17.4 Å². The number of rotatable bonds is 8. The van der Waals surface area contributed by atoms with Gasteiger partial charge in [-0.25, -0.2) is 12.8 Å². The third kappa shape index (κ3) is 5.66. The zero-order valence-corrected chi connectivity index (χ0v) is 20.0. The Hall–Kier alpha value is -3.36. The van der Waals surface area contributed by atoms with E-state index < -0.39 is 21.4 Å². The number of halogens is 1. The number of carbonyl (C=O) groups is 1. The molecule has 1 spiro atoms. The van der Waals surface area contributed by atoms with Crippen LogP contribution in [0.5, 0.6) is 0 Å². The van der Waals surface area contributed by atoms with Gasteiger partial charge in [-0.3, -0.25) is 9.78 Å². The van der Waals surface area contributed by atoms with Crippen molar-refractivity contribution in [3.63, 3.8) is 0 Å². The second kappa shape index (κ2) is 10.5. The van der Waals surface area contributed by atoms with Crippen molar-refractivity contribution < 1.29 is 22.4 Å². The number of carbonyl (C=O) groups excluding carboxylic acids is 1. The van der Waals surface area contributed by atoms with Crippen LogP contribution >= 0.6 is 0 Å². The maximum atomic E-state index is 13.2. The first-order chi connectivity index (χ1) is 16.8. The van der Waals surface area contributed by atoms with Crippen LogP contribution in [-0.4, -0.2) is 66.0 Å². The number of amides is 1. The number of sulfonamides is 1. The molecule has 0 saturated carbocycles. The Morgan fingerprint density at radius 3 is 2.57 bits per heavy atom. The molecule has 9 nitrogen and oxygen atoms in total. The largest absolute Gasteiger partial charge is 0.388 e. The minimum Gasteiger partial charge on any atom is -0.388 e. The second-order valence-electron chi connectivity index (χ2n) is 8.62. The summed E-state index contributed by atoms with van der Waals surface area (Å²) in [4.78, 5) is 24.8. The van der Waals surface area contributed by atoms with E-state index in [0.717, 1.165) is 17.8 Å². The first-order valence-corrected chi connectivity index (χ1v) is 12.8. The molecular weight excluding hydrogens is 473 g/mol. The zero-order chi connectivity index (χ0) is 24.9. The van der Waals surface area contributed by atoms with Gasteiger partial charge >= 0.3 is 0 Å². The molecule has 2 aliphatic rings. The molecule has 1 aromatic carbocycles. The Bertz CT molecular complexity index is 1220. The van der Waals surface area contributed by atoms with Crippen LogP contribution in [0.15, 0.2) is 58.7 Å². The summed E-state index contributed by atoms with van der Waals surface area (Å²) in [6.45, 7) is 1.08. The lowest BCUT2D eigenvalue weighted by Crippen LogP contribution is -2.47. The highest BCUT2D eigenvalue weighted by Crippen LogP contribution is 2.36. The van der Waals surface area contributed by atoms with E-state index >= 15 is 0 Å². The summed E-state index contributed by atoms with van der Waals surface area (Å²) >= 11 is 0. The molecule has 0 atom stereocenters. The molecule has 1 amide bonds. The topological polar surface area (TPSA) is 116 Å². The van der Waals surface area contributed by atoms with E-state index in [2.05, 4.69) is 16.2 Å². The van der Waals surface area contributed by atoms with Crippen molar-refractivity contribution in [2.24, 2.45) is 5.16 Å². The molecule has 35 heavy (non-hydrogen) atoms. The third-order valence-corrected chi connectivity index (χ3v) is 8.23. The minimum atomic E-state index is -3.75. The van der Waals surface area contributed by atoms with Gasteiger partial charge in [0.25, 0.3) is 5.91 Å². The van der Waals surface area contributed by atoms with E-state index in [1.807, 2.05) is 18.2 Å². The van der Waals surface area contributed by atoms with Gasteiger partial charge in [-0.05, 0) is 36.4 Å². The second-order valence-corrected chi connectivity index (χ2v) is 10.6. The Labute approximate surface area is 203 Å². The molecule has 3 heterocycles. The number of hydrogen-bond donors (Lipinski definition) is 0. The van der Waals surface area contributed by atoms with Crippen molar-refractivity contribution in [1.82, 2.24) is 14.2 Å². The molecule has 0 bridgehead atoms. The molecule has 11 heteroatoms. The molecule has 4 rings (SSSR count). The summed E-state index contributed by atoms with van der Waals surface area (Å²) in [7, 11) is -3.75. The van der Waals surface area contributed by atoms with Gasteiger partial charge in [-0.1, -0.05) is 11.2 Å². The molecule has 2 aliphatic heterocycles. The van der Waals surface area contributed by atoms with Crippen LogP contribution in [0.2, 0.25) is 0 Å². The molecule has 0 radical (unpaired) electrons. The molecule has 1 saturated heterocycles. The van der Waals surface area contributed by atoms with Crippen LogP contribution in [0.1, 0.15) is 31.4 Å². The molecule has 184 valence electrons. The predicted molar refractivity (Wildman–Crippen MR) is 125 cm³/mol. The third-order valence-electron chi connectivity index (χ3n) is 6.32. The quantitative estimate of drug-likeness (QED) is 0.551. The lowest BCUT2D eigenvalue weighted by atomic mass is 9.87. The minimum absolute atomic E-state index is 0.0374. The van der Waals surface area contributed by atoms with Gasteiger partial charge in [-0.2, -0.15) is 9.57 Å². The highest BCUT2D eigenvalue weighted by molar-refractivity contribution is 7.89. The van der Waals surface area contributed by atoms with E-state index in [-0.39, 0.29) is 49.0 Å². The predicted octanol–water partition coefficient (Wildman–Crippen LogP) is 2.51. The van der Waals surface area contributed by atoms with E-state index in [4.69, 9.17) is 10.1 Å². The Kier molecular flexibility index (Phi) is 7.42. The van der Waals surface area contributed by atoms with Gasteiger partial charge in [0.1, 0.15) is 17.1 Å². The van der Waals surface area contributed by atoms with Crippen LogP contribution < -0.4 is 0 Å². The Balaban J connectivity index is 1.36. The fourth-order valence-corrected chi connectivity index (χ4v) is 5.71. The van der Waals surface area contributed by atoms with Crippen LogP contribution in [0, 0.1) is 17.1 Å². The number of oxime groups is 1. The molecule has 1 fully saturated rings. The van der Waals surface area contributed by atoms with E-state index in [9.17, 15) is 17.6 Å². The number of nitrogens with zero attached hydrogens (tertiary/aromatic N) is 5. The molecule has 0 aliphatic carbocycles. The van der Waals surface area contributed by atoms with Crippen molar-refractivity contribution in [2.45, 2.75) is 42.6 Å². The van der Waals surface area contributed by atoms with Crippen molar-refractivity contribution in [3.8, 4) is 6.07 Å². The van der Waals surface area contributed by atoms with Crippen LogP contribution in [0.25, 0.3) is 0 Å². The Morgan fingerprint density at radius 2 is 1.91 bits per heavy atom.